The van der Waals surface area contributed by atoms with E-state index in [0.717, 1.165) is 6.08 Å². The first-order chi connectivity index (χ1) is 12.2. The topological polar surface area (TPSA) is 161 Å². The van der Waals surface area contributed by atoms with Crippen LogP contribution in [0, 0.1) is 20.2 Å². The Morgan fingerprint density at radius 1 is 1.04 bits per heavy atom. The van der Waals surface area contributed by atoms with Gasteiger partial charge in [-0.3, -0.25) is 20.2 Å². The fraction of sp³-hybridized carbons (Fsp3) is 0.250. The van der Waals surface area contributed by atoms with Crippen molar-refractivity contribution in [3.05, 3.63) is 78.6 Å². The van der Waals surface area contributed by atoms with Gasteiger partial charge in [-0.15, -0.1) is 0 Å². The molecule has 10 nitrogen and oxygen atoms in total. The minimum Gasteiger partial charge on any atom is -0.478 e. The van der Waals surface area contributed by atoms with E-state index in [-0.39, 0.29) is 47.3 Å². The molecule has 1 unspecified atom stereocenters. The van der Waals surface area contributed by atoms with Gasteiger partial charge in [0.2, 0.25) is 6.04 Å². The Labute approximate surface area is 146 Å². The highest BCUT2D eigenvalue weighted by molar-refractivity contribution is 5.88. The van der Waals surface area contributed by atoms with Crippen molar-refractivity contribution in [2.45, 2.75) is 25.3 Å². The van der Waals surface area contributed by atoms with Gasteiger partial charge in [-0.25, -0.2) is 9.59 Å². The Bertz CT molecular complexity index is 844. The molecular formula is C16H14N2O8. The molecule has 0 bridgehead atoms. The van der Waals surface area contributed by atoms with Crippen LogP contribution in [0.3, 0.4) is 0 Å². The number of carboxylic acids is 2. The van der Waals surface area contributed by atoms with E-state index in [1.807, 2.05) is 0 Å². The van der Waals surface area contributed by atoms with Crippen LogP contribution >= 0.6 is 0 Å². The maximum absolute atomic E-state index is 11.2. The predicted octanol–water partition coefficient (Wildman–Crippen LogP) is 1.86. The zero-order chi connectivity index (χ0) is 19.4. The van der Waals surface area contributed by atoms with Crippen molar-refractivity contribution in [1.29, 1.82) is 0 Å². The van der Waals surface area contributed by atoms with Crippen molar-refractivity contribution >= 4 is 11.9 Å². The first-order valence-electron chi connectivity index (χ1n) is 7.47. The zero-order valence-corrected chi connectivity index (χ0v) is 13.3. The lowest BCUT2D eigenvalue weighted by Gasteiger charge is -2.15. The third-order valence-electron chi connectivity index (χ3n) is 4.06. The molecule has 0 heterocycles. The van der Waals surface area contributed by atoms with E-state index in [1.54, 1.807) is 0 Å². The summed E-state index contributed by atoms with van der Waals surface area (Å²) in [7, 11) is 0. The van der Waals surface area contributed by atoms with Crippen LogP contribution in [-0.4, -0.2) is 38.0 Å². The third-order valence-corrected chi connectivity index (χ3v) is 4.06. The van der Waals surface area contributed by atoms with Crippen LogP contribution in [0.1, 0.15) is 19.3 Å². The number of carboxylic acid groups (broad SMARTS) is 2. The van der Waals surface area contributed by atoms with Gasteiger partial charge in [0, 0.05) is 33.3 Å². The number of rotatable bonds is 6. The number of hydrogen-bond acceptors (Lipinski definition) is 6. The van der Waals surface area contributed by atoms with E-state index < -0.39 is 27.8 Å². The first-order valence-corrected chi connectivity index (χ1v) is 7.47. The molecule has 0 radical (unpaired) electrons. The van der Waals surface area contributed by atoms with Crippen molar-refractivity contribution in [1.82, 2.24) is 0 Å². The summed E-state index contributed by atoms with van der Waals surface area (Å²) in [6.45, 7) is 0. The molecule has 0 aromatic carbocycles. The van der Waals surface area contributed by atoms with Gasteiger partial charge in [0.05, 0.1) is 11.3 Å². The Morgan fingerprint density at radius 2 is 1.69 bits per heavy atom. The van der Waals surface area contributed by atoms with Gasteiger partial charge in [0.15, 0.2) is 0 Å². The number of nitrogens with zero attached hydrogens (tertiary/aromatic N) is 2. The Kier molecular flexibility index (Phi) is 5.45. The Morgan fingerprint density at radius 3 is 2.23 bits per heavy atom. The molecule has 0 amide bonds. The maximum atomic E-state index is 11.2. The van der Waals surface area contributed by atoms with E-state index in [1.165, 1.54) is 24.3 Å². The van der Waals surface area contributed by atoms with Crippen molar-refractivity contribution in [3.63, 3.8) is 0 Å². The molecule has 2 aliphatic carbocycles. The molecule has 10 heteroatoms. The highest BCUT2D eigenvalue weighted by atomic mass is 16.6. The zero-order valence-electron chi connectivity index (χ0n) is 13.3. The van der Waals surface area contributed by atoms with Crippen LogP contribution in [-0.2, 0) is 9.59 Å². The number of carbonyl (C=O) groups is 2. The second-order valence-corrected chi connectivity index (χ2v) is 5.64. The number of hydrogen-bond donors (Lipinski definition) is 2. The van der Waals surface area contributed by atoms with E-state index in [0.29, 0.717) is 0 Å². The standard InChI is InChI=1S/C16H14N2O8/c19-15(20)11-5-3-9(13(7-11)17(23)24)1-2-10-4-6-12(16(21)22)8-14(10)18(25)26/h1-3,5,8,13H,4,6-7H2,(H,19,20)(H,21,22)/b2-1+. The maximum Gasteiger partial charge on any atom is 0.331 e. The molecule has 2 rings (SSSR count). The van der Waals surface area contributed by atoms with Gasteiger partial charge in [-0.05, 0) is 12.8 Å². The van der Waals surface area contributed by atoms with Crippen LogP contribution in [0.25, 0.3) is 0 Å². The molecule has 0 aromatic rings. The lowest BCUT2D eigenvalue weighted by molar-refractivity contribution is -0.510. The van der Waals surface area contributed by atoms with Crippen LogP contribution in [0.15, 0.2) is 58.4 Å². The Hall–Kier alpha value is -3.56. The van der Waals surface area contributed by atoms with Gasteiger partial charge in [0.1, 0.15) is 0 Å². The number of aliphatic carboxylic acids is 2. The van der Waals surface area contributed by atoms with E-state index in [2.05, 4.69) is 0 Å². The van der Waals surface area contributed by atoms with Gasteiger partial charge in [-0.2, -0.15) is 0 Å². The second-order valence-electron chi connectivity index (χ2n) is 5.64. The van der Waals surface area contributed by atoms with E-state index >= 15 is 0 Å². The summed E-state index contributed by atoms with van der Waals surface area (Å²) in [5, 5.41) is 40.2. The van der Waals surface area contributed by atoms with Crippen LogP contribution in [0.5, 0.6) is 0 Å². The summed E-state index contributed by atoms with van der Waals surface area (Å²) in [4.78, 5) is 43.0. The fourth-order valence-corrected chi connectivity index (χ4v) is 2.66. The smallest absolute Gasteiger partial charge is 0.331 e. The van der Waals surface area contributed by atoms with Gasteiger partial charge in [-0.1, -0.05) is 24.3 Å². The second kappa shape index (κ2) is 7.55. The number of allylic oxidation sites excluding steroid dienone is 5. The molecule has 136 valence electrons. The minimum absolute atomic E-state index is 0.0806. The van der Waals surface area contributed by atoms with Crippen LogP contribution in [0.4, 0.5) is 0 Å². The van der Waals surface area contributed by atoms with Gasteiger partial charge < -0.3 is 10.2 Å². The monoisotopic (exact) mass is 362 g/mol. The summed E-state index contributed by atoms with van der Waals surface area (Å²) >= 11 is 0. The average Bonchev–Trinajstić information content (AvgIpc) is 2.59. The summed E-state index contributed by atoms with van der Waals surface area (Å²) in [5.74, 6) is -2.48. The lowest BCUT2D eigenvalue weighted by Crippen LogP contribution is -2.25. The average molecular weight is 362 g/mol. The Balaban J connectivity index is 2.38. The molecule has 2 N–H and O–H groups in total. The molecule has 0 saturated carbocycles. The van der Waals surface area contributed by atoms with Crippen molar-refractivity contribution in [2.24, 2.45) is 0 Å². The molecule has 0 aliphatic heterocycles. The molecule has 0 aromatic heterocycles. The highest BCUT2D eigenvalue weighted by Gasteiger charge is 2.30. The highest BCUT2D eigenvalue weighted by Crippen LogP contribution is 2.28. The fourth-order valence-electron chi connectivity index (χ4n) is 2.66. The van der Waals surface area contributed by atoms with Crippen LogP contribution < -0.4 is 0 Å². The molecular weight excluding hydrogens is 348 g/mol. The van der Waals surface area contributed by atoms with E-state index in [9.17, 15) is 29.8 Å². The van der Waals surface area contributed by atoms with Crippen molar-refractivity contribution < 1.29 is 29.6 Å². The van der Waals surface area contributed by atoms with Crippen molar-refractivity contribution in [3.8, 4) is 0 Å². The largest absolute Gasteiger partial charge is 0.478 e. The predicted molar refractivity (Wildman–Crippen MR) is 87.3 cm³/mol. The SMILES string of the molecule is O=C(O)C1=CC([N+](=O)[O-])=C(/C=C/C2=CC=C(C(=O)O)CC2[N+](=O)[O-])CC1. The molecule has 0 fully saturated rings. The number of nitro groups is 2. The van der Waals surface area contributed by atoms with Gasteiger partial charge >= 0.3 is 11.9 Å². The third kappa shape index (κ3) is 4.09. The normalized spacial score (nSPS) is 20.3. The molecule has 2 aliphatic rings. The quantitative estimate of drug-likeness (QED) is 0.534. The summed E-state index contributed by atoms with van der Waals surface area (Å²) < 4.78 is 0. The van der Waals surface area contributed by atoms with E-state index in [4.69, 9.17) is 10.2 Å². The molecule has 0 saturated heterocycles. The minimum atomic E-state index is -1.27. The molecule has 26 heavy (non-hydrogen) atoms. The van der Waals surface area contributed by atoms with Gasteiger partial charge in [0.25, 0.3) is 5.70 Å². The molecule has 0 spiro atoms. The summed E-state index contributed by atoms with van der Waals surface area (Å²) in [6.07, 6.45) is 6.14. The summed E-state index contributed by atoms with van der Waals surface area (Å²) in [5.41, 5.74) is -0.0939. The lowest BCUT2D eigenvalue weighted by atomic mass is 9.91. The summed E-state index contributed by atoms with van der Waals surface area (Å²) in [6, 6.07) is -1.27. The first kappa shape index (κ1) is 18.8. The molecule has 1 atom stereocenters. The van der Waals surface area contributed by atoms with Crippen molar-refractivity contribution in [2.75, 3.05) is 0 Å². The van der Waals surface area contributed by atoms with Crippen LogP contribution in [0.2, 0.25) is 0 Å².